The molecule has 1 fully saturated rings. The van der Waals surface area contributed by atoms with Gasteiger partial charge in [-0.25, -0.2) is 0 Å². The molecule has 2 rings (SSSR count). The van der Waals surface area contributed by atoms with Crippen molar-refractivity contribution < 1.29 is 4.74 Å². The van der Waals surface area contributed by atoms with Crippen molar-refractivity contribution in [3.8, 4) is 5.75 Å². The van der Waals surface area contributed by atoms with Gasteiger partial charge in [-0.05, 0) is 37.9 Å². The Morgan fingerprint density at radius 2 is 2.12 bits per heavy atom. The summed E-state index contributed by atoms with van der Waals surface area (Å²) in [6.07, 6.45) is 1.22. The van der Waals surface area contributed by atoms with Crippen LogP contribution >= 0.6 is 0 Å². The third kappa shape index (κ3) is 3.45. The molecule has 94 valence electrons. The summed E-state index contributed by atoms with van der Waals surface area (Å²) in [5, 5.41) is 0. The van der Waals surface area contributed by atoms with Gasteiger partial charge in [0.05, 0.1) is 0 Å². The van der Waals surface area contributed by atoms with E-state index in [0.29, 0.717) is 12.0 Å². The van der Waals surface area contributed by atoms with Crippen molar-refractivity contribution in [2.24, 2.45) is 11.7 Å². The summed E-state index contributed by atoms with van der Waals surface area (Å²) in [6, 6.07) is 10.6. The van der Waals surface area contributed by atoms with Crippen LogP contribution in [0.3, 0.4) is 0 Å². The van der Waals surface area contributed by atoms with E-state index in [1.165, 1.54) is 6.42 Å². The van der Waals surface area contributed by atoms with Gasteiger partial charge in [-0.3, -0.25) is 4.90 Å². The fourth-order valence-electron chi connectivity index (χ4n) is 2.50. The lowest BCUT2D eigenvalue weighted by Crippen LogP contribution is -2.32. The Hall–Kier alpha value is -1.06. The van der Waals surface area contributed by atoms with Crippen LogP contribution in [0.2, 0.25) is 0 Å². The molecule has 3 heteroatoms. The van der Waals surface area contributed by atoms with E-state index < -0.39 is 0 Å². The minimum Gasteiger partial charge on any atom is -0.492 e. The van der Waals surface area contributed by atoms with Crippen LogP contribution in [0.25, 0.3) is 0 Å². The van der Waals surface area contributed by atoms with Gasteiger partial charge in [0.1, 0.15) is 12.4 Å². The second kappa shape index (κ2) is 6.03. The summed E-state index contributed by atoms with van der Waals surface area (Å²) in [5.74, 6) is 1.62. The molecule has 0 aliphatic carbocycles. The van der Waals surface area contributed by atoms with Crippen LogP contribution in [0.15, 0.2) is 30.3 Å². The second-order valence-corrected chi connectivity index (χ2v) is 4.84. The van der Waals surface area contributed by atoms with Crippen molar-refractivity contribution in [1.82, 2.24) is 4.90 Å². The molecular formula is C14H22N2O. The SMILES string of the molecule is CC1CC(CN)CN1CCOc1ccccc1. The van der Waals surface area contributed by atoms with E-state index in [-0.39, 0.29) is 0 Å². The molecule has 0 amide bonds. The van der Waals surface area contributed by atoms with Gasteiger partial charge in [0.2, 0.25) is 0 Å². The van der Waals surface area contributed by atoms with E-state index in [9.17, 15) is 0 Å². The molecule has 0 bridgehead atoms. The summed E-state index contributed by atoms with van der Waals surface area (Å²) in [7, 11) is 0. The summed E-state index contributed by atoms with van der Waals surface area (Å²) < 4.78 is 5.71. The number of ether oxygens (including phenoxy) is 1. The van der Waals surface area contributed by atoms with E-state index in [4.69, 9.17) is 10.5 Å². The minimum atomic E-state index is 0.642. The van der Waals surface area contributed by atoms with E-state index in [1.54, 1.807) is 0 Å². The smallest absolute Gasteiger partial charge is 0.119 e. The highest BCUT2D eigenvalue weighted by molar-refractivity contribution is 5.20. The Labute approximate surface area is 104 Å². The highest BCUT2D eigenvalue weighted by Crippen LogP contribution is 2.21. The van der Waals surface area contributed by atoms with E-state index in [1.807, 2.05) is 30.3 Å². The standard InChI is InChI=1S/C14H22N2O/c1-12-9-13(10-15)11-16(12)7-8-17-14-5-3-2-4-6-14/h2-6,12-13H,7-11,15H2,1H3. The fraction of sp³-hybridized carbons (Fsp3) is 0.571. The zero-order valence-electron chi connectivity index (χ0n) is 10.5. The predicted molar refractivity (Wildman–Crippen MR) is 70.1 cm³/mol. The normalized spacial score (nSPS) is 25.1. The Morgan fingerprint density at radius 1 is 1.35 bits per heavy atom. The van der Waals surface area contributed by atoms with Crippen molar-refractivity contribution >= 4 is 0 Å². The minimum absolute atomic E-state index is 0.642. The molecule has 1 aliphatic rings. The molecule has 1 saturated heterocycles. The third-order valence-corrected chi connectivity index (χ3v) is 3.51. The molecule has 0 spiro atoms. The number of para-hydroxylation sites is 1. The van der Waals surface area contributed by atoms with Gasteiger partial charge in [-0.2, -0.15) is 0 Å². The highest BCUT2D eigenvalue weighted by atomic mass is 16.5. The number of nitrogens with zero attached hydrogens (tertiary/aromatic N) is 1. The van der Waals surface area contributed by atoms with Crippen LogP contribution in [0.4, 0.5) is 0 Å². The highest BCUT2D eigenvalue weighted by Gasteiger charge is 2.27. The summed E-state index contributed by atoms with van der Waals surface area (Å²) in [4.78, 5) is 2.47. The molecule has 0 aromatic heterocycles. The number of nitrogens with two attached hydrogens (primary N) is 1. The Balaban J connectivity index is 1.72. The molecule has 17 heavy (non-hydrogen) atoms. The van der Waals surface area contributed by atoms with Crippen molar-refractivity contribution in [2.45, 2.75) is 19.4 Å². The predicted octanol–water partition coefficient (Wildman–Crippen LogP) is 1.73. The van der Waals surface area contributed by atoms with E-state index in [2.05, 4.69) is 11.8 Å². The van der Waals surface area contributed by atoms with Crippen molar-refractivity contribution in [3.63, 3.8) is 0 Å². The number of likely N-dealkylation sites (tertiary alicyclic amines) is 1. The van der Waals surface area contributed by atoms with Crippen molar-refractivity contribution in [1.29, 1.82) is 0 Å². The molecule has 0 saturated carbocycles. The monoisotopic (exact) mass is 234 g/mol. The molecule has 1 aromatic rings. The van der Waals surface area contributed by atoms with Gasteiger partial charge < -0.3 is 10.5 Å². The zero-order valence-corrected chi connectivity index (χ0v) is 10.5. The average molecular weight is 234 g/mol. The third-order valence-electron chi connectivity index (χ3n) is 3.51. The maximum atomic E-state index is 5.72. The Kier molecular flexibility index (Phi) is 4.40. The summed E-state index contributed by atoms with van der Waals surface area (Å²) in [5.41, 5.74) is 5.72. The number of hydrogen-bond acceptors (Lipinski definition) is 3. The van der Waals surface area contributed by atoms with Crippen LogP contribution in [0.5, 0.6) is 5.75 Å². The van der Waals surface area contributed by atoms with Gasteiger partial charge in [-0.1, -0.05) is 18.2 Å². The molecule has 3 nitrogen and oxygen atoms in total. The molecule has 2 N–H and O–H groups in total. The largest absolute Gasteiger partial charge is 0.492 e. The van der Waals surface area contributed by atoms with Gasteiger partial charge in [0.15, 0.2) is 0 Å². The number of benzene rings is 1. The first-order valence-electron chi connectivity index (χ1n) is 6.41. The number of hydrogen-bond donors (Lipinski definition) is 1. The molecule has 1 heterocycles. The first-order valence-corrected chi connectivity index (χ1v) is 6.41. The average Bonchev–Trinajstić information content (AvgIpc) is 2.72. The second-order valence-electron chi connectivity index (χ2n) is 4.84. The van der Waals surface area contributed by atoms with Gasteiger partial charge >= 0.3 is 0 Å². The van der Waals surface area contributed by atoms with Crippen molar-refractivity contribution in [2.75, 3.05) is 26.2 Å². The van der Waals surface area contributed by atoms with Gasteiger partial charge in [-0.15, -0.1) is 0 Å². The van der Waals surface area contributed by atoms with Crippen LogP contribution in [-0.2, 0) is 0 Å². The fourth-order valence-corrected chi connectivity index (χ4v) is 2.50. The first-order chi connectivity index (χ1) is 8.29. The van der Waals surface area contributed by atoms with Gasteiger partial charge in [0, 0.05) is 19.1 Å². The summed E-state index contributed by atoms with van der Waals surface area (Å²) >= 11 is 0. The van der Waals surface area contributed by atoms with Crippen molar-refractivity contribution in [3.05, 3.63) is 30.3 Å². The maximum absolute atomic E-state index is 5.72. The zero-order chi connectivity index (χ0) is 12.1. The number of rotatable bonds is 5. The van der Waals surface area contributed by atoms with Crippen LogP contribution < -0.4 is 10.5 Å². The molecule has 1 aliphatic heterocycles. The van der Waals surface area contributed by atoms with Crippen LogP contribution in [0, 0.1) is 5.92 Å². The molecule has 0 radical (unpaired) electrons. The maximum Gasteiger partial charge on any atom is 0.119 e. The Morgan fingerprint density at radius 3 is 2.76 bits per heavy atom. The molecule has 1 aromatic carbocycles. The molecule has 2 atom stereocenters. The van der Waals surface area contributed by atoms with Crippen LogP contribution in [0.1, 0.15) is 13.3 Å². The summed E-state index contributed by atoms with van der Waals surface area (Å²) in [6.45, 7) is 5.95. The van der Waals surface area contributed by atoms with E-state index >= 15 is 0 Å². The molecular weight excluding hydrogens is 212 g/mol. The lowest BCUT2D eigenvalue weighted by Gasteiger charge is -2.20. The first kappa shape index (κ1) is 12.4. The lowest BCUT2D eigenvalue weighted by molar-refractivity contribution is 0.202. The molecule has 2 unspecified atom stereocenters. The van der Waals surface area contributed by atoms with Gasteiger partial charge in [0.25, 0.3) is 0 Å². The topological polar surface area (TPSA) is 38.5 Å². The van der Waals surface area contributed by atoms with E-state index in [0.717, 1.165) is 32.0 Å². The Bertz CT molecular complexity index is 328. The lowest BCUT2D eigenvalue weighted by atomic mass is 10.1. The van der Waals surface area contributed by atoms with Crippen LogP contribution in [-0.4, -0.2) is 37.2 Å². The quantitative estimate of drug-likeness (QED) is 0.843.